The second-order valence-corrected chi connectivity index (χ2v) is 8.23. The number of nitrogens with one attached hydrogen (secondary N) is 2. The van der Waals surface area contributed by atoms with E-state index in [1.807, 2.05) is 36.9 Å². The first-order chi connectivity index (χ1) is 13.8. The van der Waals surface area contributed by atoms with Gasteiger partial charge in [-0.15, -0.1) is 0 Å². The molecule has 0 aromatic heterocycles. The molecule has 2 aromatic rings. The summed E-state index contributed by atoms with van der Waals surface area (Å²) >= 11 is 12.0. The van der Waals surface area contributed by atoms with Gasteiger partial charge in [0.2, 0.25) is 11.8 Å². The van der Waals surface area contributed by atoms with Crippen LogP contribution in [0, 0.1) is 13.8 Å². The molecular formula is C22H25Cl2N3O2. The highest BCUT2D eigenvalue weighted by Gasteiger charge is 2.30. The van der Waals surface area contributed by atoms with Gasteiger partial charge in [0.05, 0.1) is 22.6 Å². The Labute approximate surface area is 181 Å². The molecule has 1 aliphatic heterocycles. The highest BCUT2D eigenvalue weighted by atomic mass is 35.5. The molecule has 0 radical (unpaired) electrons. The molecule has 5 nitrogen and oxygen atoms in total. The topological polar surface area (TPSA) is 61.4 Å². The lowest BCUT2D eigenvalue weighted by Gasteiger charge is -2.34. The lowest BCUT2D eigenvalue weighted by molar-refractivity contribution is -0.124. The molecule has 1 saturated heterocycles. The van der Waals surface area contributed by atoms with Crippen molar-refractivity contribution in [1.29, 1.82) is 0 Å². The number of rotatable bonds is 5. The molecule has 1 aliphatic rings. The average Bonchev–Trinajstić information content (AvgIpc) is 2.68. The van der Waals surface area contributed by atoms with E-state index in [0.29, 0.717) is 28.7 Å². The van der Waals surface area contributed by atoms with Crippen LogP contribution in [0.25, 0.3) is 0 Å². The molecule has 0 bridgehead atoms. The van der Waals surface area contributed by atoms with E-state index in [1.165, 1.54) is 0 Å². The second kappa shape index (κ2) is 9.61. The number of hydrogen-bond acceptors (Lipinski definition) is 3. The lowest BCUT2D eigenvalue weighted by Crippen LogP contribution is -2.49. The summed E-state index contributed by atoms with van der Waals surface area (Å²) in [4.78, 5) is 27.5. The monoisotopic (exact) mass is 433 g/mol. The number of likely N-dealkylation sites (tertiary alicyclic amines) is 1. The molecule has 154 valence electrons. The van der Waals surface area contributed by atoms with E-state index in [0.717, 1.165) is 29.7 Å². The van der Waals surface area contributed by atoms with Crippen LogP contribution in [0.1, 0.15) is 30.4 Å². The summed E-state index contributed by atoms with van der Waals surface area (Å²) in [5, 5.41) is 6.72. The fourth-order valence-corrected chi connectivity index (χ4v) is 3.95. The maximum absolute atomic E-state index is 12.9. The number of hydrogen-bond donors (Lipinski definition) is 2. The number of piperidine rings is 1. The van der Waals surface area contributed by atoms with Gasteiger partial charge in [0.25, 0.3) is 0 Å². The molecule has 7 heteroatoms. The molecule has 29 heavy (non-hydrogen) atoms. The predicted octanol–water partition coefficient (Wildman–Crippen LogP) is 5.04. The Morgan fingerprint density at radius 3 is 2.45 bits per heavy atom. The molecular weight excluding hydrogens is 409 g/mol. The number of amides is 2. The van der Waals surface area contributed by atoms with E-state index in [4.69, 9.17) is 23.2 Å². The van der Waals surface area contributed by atoms with Crippen LogP contribution in [0.4, 0.5) is 11.4 Å². The van der Waals surface area contributed by atoms with Gasteiger partial charge in [0.15, 0.2) is 0 Å². The quantitative estimate of drug-likeness (QED) is 0.693. The zero-order valence-corrected chi connectivity index (χ0v) is 18.1. The molecule has 1 fully saturated rings. The van der Waals surface area contributed by atoms with E-state index in [9.17, 15) is 9.59 Å². The van der Waals surface area contributed by atoms with Crippen LogP contribution in [-0.4, -0.2) is 35.8 Å². The first kappa shape index (κ1) is 21.6. The van der Waals surface area contributed by atoms with Gasteiger partial charge in [0.1, 0.15) is 0 Å². The van der Waals surface area contributed by atoms with Gasteiger partial charge in [-0.3, -0.25) is 14.5 Å². The van der Waals surface area contributed by atoms with Crippen molar-refractivity contribution in [3.63, 3.8) is 0 Å². The minimum absolute atomic E-state index is 0.114. The van der Waals surface area contributed by atoms with Crippen molar-refractivity contribution in [3.05, 3.63) is 57.6 Å². The Morgan fingerprint density at radius 1 is 1.03 bits per heavy atom. The fourth-order valence-electron chi connectivity index (χ4n) is 3.65. The van der Waals surface area contributed by atoms with Crippen molar-refractivity contribution in [2.45, 2.75) is 39.2 Å². The molecule has 0 aliphatic carbocycles. The van der Waals surface area contributed by atoms with Gasteiger partial charge < -0.3 is 10.6 Å². The third-order valence-electron chi connectivity index (χ3n) is 5.20. The molecule has 0 saturated carbocycles. The Hall–Kier alpha value is -2.08. The van der Waals surface area contributed by atoms with Crippen LogP contribution >= 0.6 is 23.2 Å². The fraction of sp³-hybridized carbons (Fsp3) is 0.364. The number of carbonyl (C=O) groups is 2. The van der Waals surface area contributed by atoms with Crippen LogP contribution in [0.15, 0.2) is 36.4 Å². The number of nitrogens with zero attached hydrogens (tertiary/aromatic N) is 1. The third-order valence-corrected chi connectivity index (χ3v) is 5.93. The minimum Gasteiger partial charge on any atom is -0.325 e. The first-order valence-corrected chi connectivity index (χ1v) is 10.5. The summed E-state index contributed by atoms with van der Waals surface area (Å²) in [5.74, 6) is -0.250. The van der Waals surface area contributed by atoms with Gasteiger partial charge in [-0.05, 0) is 62.6 Å². The highest BCUT2D eigenvalue weighted by Crippen LogP contribution is 2.26. The highest BCUT2D eigenvalue weighted by molar-refractivity contribution is 6.42. The first-order valence-electron chi connectivity index (χ1n) is 9.71. The van der Waals surface area contributed by atoms with Crippen LogP contribution in [0.3, 0.4) is 0 Å². The van der Waals surface area contributed by atoms with Gasteiger partial charge in [-0.1, -0.05) is 47.8 Å². The number of anilines is 2. The largest absolute Gasteiger partial charge is 0.325 e. The van der Waals surface area contributed by atoms with E-state index in [-0.39, 0.29) is 24.4 Å². The standard InChI is InChI=1S/C22H25Cl2N3O2/c1-14-6-5-7-15(2)21(14)26-20(28)13-27-11-4-3-8-19(27)22(29)25-16-9-10-17(23)18(24)12-16/h5-7,9-10,12,19H,3-4,8,11,13H2,1-2H3,(H,25,29)(H,26,28). The van der Waals surface area contributed by atoms with Crippen molar-refractivity contribution >= 4 is 46.4 Å². The van der Waals surface area contributed by atoms with Gasteiger partial charge in [-0.2, -0.15) is 0 Å². The normalized spacial score (nSPS) is 17.0. The molecule has 3 rings (SSSR count). The van der Waals surface area contributed by atoms with Crippen molar-refractivity contribution in [3.8, 4) is 0 Å². The van der Waals surface area contributed by atoms with Crippen molar-refractivity contribution in [2.24, 2.45) is 0 Å². The van der Waals surface area contributed by atoms with Crippen LogP contribution in [-0.2, 0) is 9.59 Å². The molecule has 2 aromatic carbocycles. The Morgan fingerprint density at radius 2 is 1.76 bits per heavy atom. The maximum Gasteiger partial charge on any atom is 0.241 e. The summed E-state index contributed by atoms with van der Waals surface area (Å²) in [6, 6.07) is 10.5. The number of aryl methyl sites for hydroxylation is 2. The van der Waals surface area contributed by atoms with E-state index in [1.54, 1.807) is 18.2 Å². The summed E-state index contributed by atoms with van der Waals surface area (Å²) in [6.07, 6.45) is 2.63. The van der Waals surface area contributed by atoms with Crippen molar-refractivity contribution < 1.29 is 9.59 Å². The SMILES string of the molecule is Cc1cccc(C)c1NC(=O)CN1CCCCC1C(=O)Nc1ccc(Cl)c(Cl)c1. The number of halogens is 2. The van der Waals surface area contributed by atoms with Crippen LogP contribution in [0.5, 0.6) is 0 Å². The molecule has 1 heterocycles. The Kier molecular flexibility index (Phi) is 7.17. The Bertz CT molecular complexity index is 897. The average molecular weight is 434 g/mol. The molecule has 0 spiro atoms. The van der Waals surface area contributed by atoms with Gasteiger partial charge >= 0.3 is 0 Å². The van der Waals surface area contributed by atoms with Crippen LogP contribution in [0.2, 0.25) is 10.0 Å². The van der Waals surface area contributed by atoms with Crippen LogP contribution < -0.4 is 10.6 Å². The number of para-hydroxylation sites is 1. The second-order valence-electron chi connectivity index (χ2n) is 7.42. The minimum atomic E-state index is -0.359. The van der Waals surface area contributed by atoms with Crippen molar-refractivity contribution in [1.82, 2.24) is 4.90 Å². The third kappa shape index (κ3) is 5.50. The predicted molar refractivity (Wildman–Crippen MR) is 119 cm³/mol. The number of carbonyl (C=O) groups excluding carboxylic acids is 2. The van der Waals surface area contributed by atoms with E-state index < -0.39 is 0 Å². The summed E-state index contributed by atoms with van der Waals surface area (Å²) in [6.45, 7) is 4.82. The zero-order valence-electron chi connectivity index (χ0n) is 16.6. The number of benzene rings is 2. The van der Waals surface area contributed by atoms with Gasteiger partial charge in [-0.25, -0.2) is 0 Å². The summed E-state index contributed by atoms with van der Waals surface area (Å²) in [7, 11) is 0. The smallest absolute Gasteiger partial charge is 0.241 e. The lowest BCUT2D eigenvalue weighted by atomic mass is 10.0. The summed E-state index contributed by atoms with van der Waals surface area (Å²) in [5.41, 5.74) is 3.47. The summed E-state index contributed by atoms with van der Waals surface area (Å²) < 4.78 is 0. The molecule has 1 unspecified atom stereocenters. The molecule has 2 amide bonds. The molecule has 2 N–H and O–H groups in total. The van der Waals surface area contributed by atoms with Gasteiger partial charge in [0, 0.05) is 11.4 Å². The zero-order chi connectivity index (χ0) is 21.0. The van der Waals surface area contributed by atoms with Crippen molar-refractivity contribution in [2.75, 3.05) is 23.7 Å². The Balaban J connectivity index is 1.66. The van der Waals surface area contributed by atoms with E-state index >= 15 is 0 Å². The molecule has 1 atom stereocenters. The maximum atomic E-state index is 12.9. The van der Waals surface area contributed by atoms with E-state index in [2.05, 4.69) is 10.6 Å².